The fourth-order valence-corrected chi connectivity index (χ4v) is 2.76. The van der Waals surface area contributed by atoms with Crippen LogP contribution in [0.25, 0.3) is 11.5 Å². The SMILES string of the molecule is CCNc1nc(-c2ccc(Br)cn2)nc2c1CCCC2. The molecule has 0 amide bonds. The molecule has 3 rings (SSSR count). The summed E-state index contributed by atoms with van der Waals surface area (Å²) >= 11 is 3.40. The van der Waals surface area contributed by atoms with E-state index in [1.54, 1.807) is 6.20 Å². The lowest BCUT2D eigenvalue weighted by Crippen LogP contribution is -2.13. The molecule has 0 spiro atoms. The normalized spacial score (nSPS) is 13.9. The molecule has 0 radical (unpaired) electrons. The third-order valence-electron chi connectivity index (χ3n) is 3.48. The van der Waals surface area contributed by atoms with Crippen molar-refractivity contribution in [1.82, 2.24) is 15.0 Å². The Labute approximate surface area is 127 Å². The maximum atomic E-state index is 4.73. The van der Waals surface area contributed by atoms with E-state index in [0.717, 1.165) is 35.4 Å². The Morgan fingerprint density at radius 2 is 2.05 bits per heavy atom. The maximum Gasteiger partial charge on any atom is 0.180 e. The molecule has 0 atom stereocenters. The van der Waals surface area contributed by atoms with Gasteiger partial charge in [0.05, 0.1) is 0 Å². The Morgan fingerprint density at radius 3 is 2.80 bits per heavy atom. The van der Waals surface area contributed by atoms with Crippen molar-refractivity contribution in [3.63, 3.8) is 0 Å². The van der Waals surface area contributed by atoms with E-state index in [1.165, 1.54) is 24.1 Å². The van der Waals surface area contributed by atoms with Crippen molar-refractivity contribution in [2.75, 3.05) is 11.9 Å². The van der Waals surface area contributed by atoms with Gasteiger partial charge in [-0.25, -0.2) is 9.97 Å². The molecule has 0 saturated heterocycles. The maximum absolute atomic E-state index is 4.73. The van der Waals surface area contributed by atoms with Crippen LogP contribution in [0.3, 0.4) is 0 Å². The molecule has 1 N–H and O–H groups in total. The minimum absolute atomic E-state index is 0.717. The largest absolute Gasteiger partial charge is 0.370 e. The zero-order chi connectivity index (χ0) is 13.9. The van der Waals surface area contributed by atoms with E-state index in [0.29, 0.717) is 5.82 Å². The molecule has 2 aromatic heterocycles. The molecule has 0 fully saturated rings. The summed E-state index contributed by atoms with van der Waals surface area (Å²) in [5, 5.41) is 3.37. The van der Waals surface area contributed by atoms with E-state index in [2.05, 4.69) is 38.1 Å². The second-order valence-electron chi connectivity index (χ2n) is 4.92. The van der Waals surface area contributed by atoms with Gasteiger partial charge in [0.25, 0.3) is 0 Å². The number of pyridine rings is 1. The first-order valence-electron chi connectivity index (χ1n) is 7.03. The van der Waals surface area contributed by atoms with Gasteiger partial charge in [0.1, 0.15) is 11.5 Å². The molecule has 1 aliphatic rings. The Hall–Kier alpha value is -1.49. The molecular weight excluding hydrogens is 316 g/mol. The fraction of sp³-hybridized carbons (Fsp3) is 0.400. The van der Waals surface area contributed by atoms with Crippen molar-refractivity contribution in [3.05, 3.63) is 34.1 Å². The van der Waals surface area contributed by atoms with Crippen molar-refractivity contribution in [1.29, 1.82) is 0 Å². The highest BCUT2D eigenvalue weighted by Crippen LogP contribution is 2.28. The summed E-state index contributed by atoms with van der Waals surface area (Å²) in [6.07, 6.45) is 6.34. The average Bonchev–Trinajstić information content (AvgIpc) is 2.48. The van der Waals surface area contributed by atoms with E-state index in [9.17, 15) is 0 Å². The molecule has 0 unspecified atom stereocenters. The van der Waals surface area contributed by atoms with Crippen LogP contribution in [-0.2, 0) is 12.8 Å². The summed E-state index contributed by atoms with van der Waals surface area (Å²) in [6, 6.07) is 3.92. The van der Waals surface area contributed by atoms with Crippen LogP contribution in [0.5, 0.6) is 0 Å². The second kappa shape index (κ2) is 5.87. The van der Waals surface area contributed by atoms with Gasteiger partial charge >= 0.3 is 0 Å². The average molecular weight is 333 g/mol. The van der Waals surface area contributed by atoms with Crippen molar-refractivity contribution in [2.45, 2.75) is 32.6 Å². The lowest BCUT2D eigenvalue weighted by atomic mass is 9.96. The van der Waals surface area contributed by atoms with E-state index >= 15 is 0 Å². The van der Waals surface area contributed by atoms with Crippen molar-refractivity contribution in [2.24, 2.45) is 0 Å². The molecule has 4 nitrogen and oxygen atoms in total. The highest BCUT2D eigenvalue weighted by atomic mass is 79.9. The van der Waals surface area contributed by atoms with Gasteiger partial charge in [-0.1, -0.05) is 0 Å². The Bertz CT molecular complexity index is 610. The molecule has 0 aromatic carbocycles. The summed E-state index contributed by atoms with van der Waals surface area (Å²) in [5.74, 6) is 1.70. The Balaban J connectivity index is 2.07. The predicted molar refractivity (Wildman–Crippen MR) is 83.8 cm³/mol. The number of fused-ring (bicyclic) bond motifs is 1. The van der Waals surface area contributed by atoms with Gasteiger partial charge in [-0.05, 0) is 60.7 Å². The zero-order valence-electron chi connectivity index (χ0n) is 11.5. The van der Waals surface area contributed by atoms with Crippen LogP contribution in [0.15, 0.2) is 22.8 Å². The third kappa shape index (κ3) is 2.68. The quantitative estimate of drug-likeness (QED) is 0.932. The summed E-state index contributed by atoms with van der Waals surface area (Å²) in [6.45, 7) is 2.96. The van der Waals surface area contributed by atoms with Crippen LogP contribution < -0.4 is 5.32 Å². The number of nitrogens with one attached hydrogen (secondary N) is 1. The second-order valence-corrected chi connectivity index (χ2v) is 5.84. The first-order chi connectivity index (χ1) is 9.78. The van der Waals surface area contributed by atoms with Crippen LogP contribution in [0.1, 0.15) is 31.0 Å². The van der Waals surface area contributed by atoms with Gasteiger partial charge in [0.15, 0.2) is 5.82 Å². The van der Waals surface area contributed by atoms with Gasteiger partial charge in [0, 0.05) is 28.5 Å². The van der Waals surface area contributed by atoms with E-state index in [4.69, 9.17) is 4.98 Å². The van der Waals surface area contributed by atoms with Gasteiger partial charge in [-0.15, -0.1) is 0 Å². The smallest absolute Gasteiger partial charge is 0.180 e. The number of aryl methyl sites for hydroxylation is 1. The summed E-state index contributed by atoms with van der Waals surface area (Å²) in [7, 11) is 0. The van der Waals surface area contributed by atoms with E-state index in [-0.39, 0.29) is 0 Å². The van der Waals surface area contributed by atoms with Crippen molar-refractivity contribution in [3.8, 4) is 11.5 Å². The van der Waals surface area contributed by atoms with Crippen LogP contribution >= 0.6 is 15.9 Å². The molecule has 5 heteroatoms. The predicted octanol–water partition coefficient (Wildman–Crippen LogP) is 3.61. The first kappa shape index (κ1) is 13.5. The van der Waals surface area contributed by atoms with Gasteiger partial charge in [-0.3, -0.25) is 4.98 Å². The lowest BCUT2D eigenvalue weighted by Gasteiger charge is -2.19. The van der Waals surface area contributed by atoms with Crippen LogP contribution in [-0.4, -0.2) is 21.5 Å². The monoisotopic (exact) mass is 332 g/mol. The number of halogens is 1. The zero-order valence-corrected chi connectivity index (χ0v) is 13.1. The summed E-state index contributed by atoms with van der Waals surface area (Å²) in [5.41, 5.74) is 3.29. The number of hydrogen-bond donors (Lipinski definition) is 1. The highest BCUT2D eigenvalue weighted by Gasteiger charge is 2.18. The van der Waals surface area contributed by atoms with Gasteiger partial charge in [-0.2, -0.15) is 0 Å². The molecule has 20 heavy (non-hydrogen) atoms. The molecule has 0 saturated carbocycles. The van der Waals surface area contributed by atoms with E-state index in [1.807, 2.05) is 12.1 Å². The number of nitrogens with zero attached hydrogens (tertiary/aromatic N) is 3. The minimum atomic E-state index is 0.717. The summed E-state index contributed by atoms with van der Waals surface area (Å²) in [4.78, 5) is 13.8. The number of anilines is 1. The van der Waals surface area contributed by atoms with Gasteiger partial charge < -0.3 is 5.32 Å². The minimum Gasteiger partial charge on any atom is -0.370 e. The van der Waals surface area contributed by atoms with E-state index < -0.39 is 0 Å². The fourth-order valence-electron chi connectivity index (χ4n) is 2.53. The van der Waals surface area contributed by atoms with Crippen LogP contribution in [0.4, 0.5) is 5.82 Å². The standard InChI is InChI=1S/C15H17BrN4/c1-2-17-14-11-5-3-4-6-12(11)19-15(20-14)13-8-7-10(16)9-18-13/h7-9H,2-6H2,1H3,(H,17,19,20). The molecule has 104 valence electrons. The number of hydrogen-bond acceptors (Lipinski definition) is 4. The number of aromatic nitrogens is 3. The van der Waals surface area contributed by atoms with Gasteiger partial charge in [0.2, 0.25) is 0 Å². The highest BCUT2D eigenvalue weighted by molar-refractivity contribution is 9.10. The Kier molecular flexibility index (Phi) is 3.96. The number of rotatable bonds is 3. The topological polar surface area (TPSA) is 50.7 Å². The van der Waals surface area contributed by atoms with Crippen LogP contribution in [0, 0.1) is 0 Å². The molecule has 1 aliphatic carbocycles. The summed E-state index contributed by atoms with van der Waals surface area (Å²) < 4.78 is 0.964. The van der Waals surface area contributed by atoms with Crippen LogP contribution in [0.2, 0.25) is 0 Å². The first-order valence-corrected chi connectivity index (χ1v) is 7.83. The molecule has 2 aromatic rings. The molecule has 2 heterocycles. The van der Waals surface area contributed by atoms with Crippen molar-refractivity contribution >= 4 is 21.7 Å². The van der Waals surface area contributed by atoms with Crippen molar-refractivity contribution < 1.29 is 0 Å². The molecule has 0 aliphatic heterocycles. The molecular formula is C15H17BrN4. The third-order valence-corrected chi connectivity index (χ3v) is 3.95. The lowest BCUT2D eigenvalue weighted by molar-refractivity contribution is 0.664. The molecule has 0 bridgehead atoms. The Morgan fingerprint density at radius 1 is 1.20 bits per heavy atom.